The standard InChI is InChI=1S/C21H21N5O3S/c1-13-19-15(12-18(28)25(13)11-5-10-24-9-4-8-17(24)27)23-26(20(19)29)21-22-14-6-2-3-7-16(14)30-21/h2-3,6-7,12,28H,4-5,8-11H2,1H3/p-1. The number of likely N-dealkylation sites (tertiary alicyclic amines) is 1. The number of aromatic nitrogens is 4. The van der Waals surface area contributed by atoms with E-state index in [0.717, 1.165) is 23.2 Å². The van der Waals surface area contributed by atoms with Crippen molar-refractivity contribution in [1.29, 1.82) is 0 Å². The molecule has 0 saturated carbocycles. The van der Waals surface area contributed by atoms with Crippen LogP contribution in [0.15, 0.2) is 35.1 Å². The minimum Gasteiger partial charge on any atom is -0.860 e. The molecule has 0 atom stereocenters. The Morgan fingerprint density at radius 2 is 2.03 bits per heavy atom. The summed E-state index contributed by atoms with van der Waals surface area (Å²) in [6.07, 6.45) is 2.17. The van der Waals surface area contributed by atoms with Crippen molar-refractivity contribution in [2.75, 3.05) is 13.1 Å². The number of carbonyl (C=O) groups is 1. The van der Waals surface area contributed by atoms with Crippen LogP contribution in [0.1, 0.15) is 25.0 Å². The fourth-order valence-corrected chi connectivity index (χ4v) is 4.99. The van der Waals surface area contributed by atoms with Crippen LogP contribution in [-0.2, 0) is 11.3 Å². The highest BCUT2D eigenvalue weighted by Crippen LogP contribution is 2.29. The lowest BCUT2D eigenvalue weighted by Gasteiger charge is -2.23. The summed E-state index contributed by atoms with van der Waals surface area (Å²) in [5, 5.41) is 17.5. The normalized spacial score (nSPS) is 14.4. The van der Waals surface area contributed by atoms with E-state index < -0.39 is 0 Å². The second-order valence-corrected chi connectivity index (χ2v) is 8.51. The third-order valence-electron chi connectivity index (χ3n) is 5.61. The molecule has 154 valence electrons. The second kappa shape index (κ2) is 7.24. The first-order valence-electron chi connectivity index (χ1n) is 9.97. The first-order chi connectivity index (χ1) is 14.5. The highest BCUT2D eigenvalue weighted by atomic mass is 32.1. The predicted molar refractivity (Wildman–Crippen MR) is 112 cm³/mol. The Bertz CT molecular complexity index is 1250. The zero-order valence-corrected chi connectivity index (χ0v) is 17.3. The molecule has 0 spiro atoms. The molecule has 9 heteroatoms. The van der Waals surface area contributed by atoms with Crippen LogP contribution in [0, 0.1) is 6.92 Å². The lowest BCUT2D eigenvalue weighted by molar-refractivity contribution is -0.279. The molecule has 0 radical (unpaired) electrons. The number of thiazole rings is 1. The van der Waals surface area contributed by atoms with Crippen molar-refractivity contribution >= 4 is 27.5 Å². The van der Waals surface area contributed by atoms with E-state index in [9.17, 15) is 14.7 Å². The zero-order chi connectivity index (χ0) is 20.8. The molecular formula is C21H20N5O3S-. The Labute approximate surface area is 176 Å². The first-order valence-corrected chi connectivity index (χ1v) is 10.8. The van der Waals surface area contributed by atoms with Gasteiger partial charge >= 0.3 is 0 Å². The Morgan fingerprint density at radius 3 is 2.80 bits per heavy atom. The Kier molecular flexibility index (Phi) is 4.54. The average molecular weight is 422 g/mol. The smallest absolute Gasteiger partial charge is 0.284 e. The van der Waals surface area contributed by atoms with Gasteiger partial charge in [-0.1, -0.05) is 23.5 Å². The third-order valence-corrected chi connectivity index (χ3v) is 6.62. The summed E-state index contributed by atoms with van der Waals surface area (Å²) in [5.41, 5.74) is 1.95. The quantitative estimate of drug-likeness (QED) is 0.491. The average Bonchev–Trinajstić information content (AvgIpc) is 3.41. The molecule has 5 rings (SSSR count). The number of hydrogen-bond donors (Lipinski definition) is 0. The van der Waals surface area contributed by atoms with Gasteiger partial charge in [0.2, 0.25) is 11.0 Å². The van der Waals surface area contributed by atoms with Crippen molar-refractivity contribution in [1.82, 2.24) is 24.2 Å². The van der Waals surface area contributed by atoms with E-state index in [-0.39, 0.29) is 17.3 Å². The molecule has 3 aliphatic heterocycles. The van der Waals surface area contributed by atoms with E-state index in [4.69, 9.17) is 0 Å². The van der Waals surface area contributed by atoms with Crippen molar-refractivity contribution in [2.24, 2.45) is 0 Å². The molecule has 1 aromatic carbocycles. The number of carbonyl (C=O) groups excluding carboxylic acids is 1. The molecule has 8 nitrogen and oxygen atoms in total. The number of hydrogen-bond acceptors (Lipinski definition) is 6. The lowest BCUT2D eigenvalue weighted by atomic mass is 10.1. The number of rotatable bonds is 5. The summed E-state index contributed by atoms with van der Waals surface area (Å²) < 4.78 is 3.86. The minimum absolute atomic E-state index is 0.175. The number of para-hydroxylation sites is 1. The van der Waals surface area contributed by atoms with Crippen LogP contribution >= 0.6 is 11.3 Å². The van der Waals surface area contributed by atoms with E-state index in [1.54, 1.807) is 11.5 Å². The van der Waals surface area contributed by atoms with Gasteiger partial charge in [0.15, 0.2) is 0 Å². The predicted octanol–water partition coefficient (Wildman–Crippen LogP) is 2.14. The van der Waals surface area contributed by atoms with Gasteiger partial charge in [0.1, 0.15) is 0 Å². The molecule has 1 fully saturated rings. The van der Waals surface area contributed by atoms with Crippen molar-refractivity contribution in [2.45, 2.75) is 32.7 Å². The van der Waals surface area contributed by atoms with Crippen LogP contribution in [-0.4, -0.2) is 43.2 Å². The number of amides is 1. The minimum atomic E-state index is -0.273. The topological polar surface area (TPSA) is 96.1 Å². The molecule has 4 heterocycles. The molecule has 3 aliphatic rings. The van der Waals surface area contributed by atoms with Gasteiger partial charge in [0.25, 0.3) is 5.56 Å². The van der Waals surface area contributed by atoms with Crippen LogP contribution in [0.25, 0.3) is 26.6 Å². The van der Waals surface area contributed by atoms with Crippen LogP contribution in [0.5, 0.6) is 5.88 Å². The van der Waals surface area contributed by atoms with E-state index in [1.807, 2.05) is 29.2 Å². The number of benzene rings is 1. The Hall–Kier alpha value is -3.20. The molecule has 0 N–H and O–H groups in total. The zero-order valence-electron chi connectivity index (χ0n) is 16.5. The maximum Gasteiger partial charge on any atom is 0.284 e. The fourth-order valence-electron chi connectivity index (χ4n) is 4.07. The summed E-state index contributed by atoms with van der Waals surface area (Å²) in [5.74, 6) is -0.0184. The molecule has 1 aromatic heterocycles. The summed E-state index contributed by atoms with van der Waals surface area (Å²) in [6, 6.07) is 9.08. The molecule has 2 aromatic rings. The summed E-state index contributed by atoms with van der Waals surface area (Å²) in [4.78, 5) is 31.2. The van der Waals surface area contributed by atoms with Crippen molar-refractivity contribution in [3.63, 3.8) is 0 Å². The summed E-state index contributed by atoms with van der Waals surface area (Å²) in [6.45, 7) is 3.63. The molecular weight excluding hydrogens is 402 g/mol. The molecule has 0 bridgehead atoms. The molecule has 1 amide bonds. The fraction of sp³-hybridized carbons (Fsp3) is 0.333. The van der Waals surface area contributed by atoms with Crippen molar-refractivity contribution in [3.8, 4) is 22.3 Å². The Morgan fingerprint density at radius 1 is 1.20 bits per heavy atom. The summed E-state index contributed by atoms with van der Waals surface area (Å²) >= 11 is 1.39. The Balaban J connectivity index is 1.49. The van der Waals surface area contributed by atoms with Crippen LogP contribution in [0.4, 0.5) is 0 Å². The molecule has 1 saturated heterocycles. The van der Waals surface area contributed by atoms with Crippen molar-refractivity contribution in [3.05, 3.63) is 46.4 Å². The van der Waals surface area contributed by atoms with Gasteiger partial charge in [0.05, 0.1) is 21.5 Å². The van der Waals surface area contributed by atoms with Crippen LogP contribution in [0.3, 0.4) is 0 Å². The van der Waals surface area contributed by atoms with Gasteiger partial charge in [-0.2, -0.15) is 9.78 Å². The van der Waals surface area contributed by atoms with E-state index in [2.05, 4.69) is 10.1 Å². The van der Waals surface area contributed by atoms with Gasteiger partial charge in [-0.05, 0) is 43.8 Å². The van der Waals surface area contributed by atoms with E-state index >= 15 is 0 Å². The van der Waals surface area contributed by atoms with Gasteiger partial charge in [-0.15, -0.1) is 0 Å². The molecule has 0 aliphatic carbocycles. The maximum absolute atomic E-state index is 13.1. The maximum atomic E-state index is 13.1. The van der Waals surface area contributed by atoms with Gasteiger partial charge in [-0.3, -0.25) is 9.59 Å². The summed E-state index contributed by atoms with van der Waals surface area (Å²) in [7, 11) is 0. The highest BCUT2D eigenvalue weighted by Gasteiger charge is 2.23. The van der Waals surface area contributed by atoms with Crippen LogP contribution in [0.2, 0.25) is 0 Å². The SMILES string of the molecule is Cc1c2c(=O)n(-c3nc4ccccc4s3)nc-2cc([O-])n1CCCN1CCCC1=O. The first kappa shape index (κ1) is 18.8. The van der Waals surface area contributed by atoms with E-state index in [1.165, 1.54) is 22.1 Å². The monoisotopic (exact) mass is 422 g/mol. The lowest BCUT2D eigenvalue weighted by Crippen LogP contribution is -2.27. The molecule has 0 unspecified atom stereocenters. The highest BCUT2D eigenvalue weighted by molar-refractivity contribution is 7.20. The van der Waals surface area contributed by atoms with Gasteiger partial charge in [-0.25, -0.2) is 4.98 Å². The van der Waals surface area contributed by atoms with E-state index in [0.29, 0.717) is 48.0 Å². The number of fused-ring (bicyclic) bond motifs is 2. The van der Waals surface area contributed by atoms with Gasteiger partial charge < -0.3 is 14.6 Å². The number of pyridine rings is 1. The van der Waals surface area contributed by atoms with Crippen molar-refractivity contribution < 1.29 is 9.90 Å². The van der Waals surface area contributed by atoms with Crippen LogP contribution < -0.4 is 10.7 Å². The van der Waals surface area contributed by atoms with Gasteiger partial charge in [0, 0.05) is 31.7 Å². The largest absolute Gasteiger partial charge is 0.860 e. The number of nitrogens with zero attached hydrogens (tertiary/aromatic N) is 5. The second-order valence-electron chi connectivity index (χ2n) is 7.50. The molecule has 30 heavy (non-hydrogen) atoms. The third kappa shape index (κ3) is 3.06.